The van der Waals surface area contributed by atoms with Crippen LogP contribution in [0.25, 0.3) is 0 Å². The summed E-state index contributed by atoms with van der Waals surface area (Å²) in [6, 6.07) is 4.11. The van der Waals surface area contributed by atoms with Crippen molar-refractivity contribution in [2.45, 2.75) is 12.5 Å². The molecule has 0 saturated carbocycles. The number of hydrazine groups is 1. The van der Waals surface area contributed by atoms with Crippen molar-refractivity contribution in [1.82, 2.24) is 20.2 Å². The van der Waals surface area contributed by atoms with Crippen LogP contribution in [0.3, 0.4) is 0 Å². The van der Waals surface area contributed by atoms with Crippen molar-refractivity contribution in [2.24, 2.45) is 12.9 Å². The molecule has 0 bridgehead atoms. The maximum atomic E-state index is 13.8. The molecule has 1 atom stereocenters. The van der Waals surface area contributed by atoms with Gasteiger partial charge in [0.05, 0.1) is 6.04 Å². The largest absolute Gasteiger partial charge is 0.271 e. The third-order valence-electron chi connectivity index (χ3n) is 2.73. The number of nitrogens with one attached hydrogen (secondary N) is 1. The second kappa shape index (κ2) is 5.43. The third kappa shape index (κ3) is 2.66. The van der Waals surface area contributed by atoms with Gasteiger partial charge >= 0.3 is 0 Å². The molecule has 5 nitrogen and oxygen atoms in total. The Morgan fingerprint density at radius 2 is 2.33 bits per heavy atom. The zero-order valence-electron chi connectivity index (χ0n) is 9.77. The first-order chi connectivity index (χ1) is 8.61. The first kappa shape index (κ1) is 12.9. The zero-order chi connectivity index (χ0) is 13.1. The van der Waals surface area contributed by atoms with Gasteiger partial charge in [-0.1, -0.05) is 17.7 Å². The van der Waals surface area contributed by atoms with E-state index in [2.05, 4.69) is 15.5 Å². The van der Waals surface area contributed by atoms with Crippen molar-refractivity contribution in [1.29, 1.82) is 0 Å². The van der Waals surface area contributed by atoms with Crippen LogP contribution < -0.4 is 11.3 Å². The number of aromatic nitrogens is 3. The van der Waals surface area contributed by atoms with Crippen molar-refractivity contribution < 1.29 is 4.39 Å². The van der Waals surface area contributed by atoms with Crippen LogP contribution in [0.4, 0.5) is 4.39 Å². The van der Waals surface area contributed by atoms with Gasteiger partial charge in [-0.2, -0.15) is 5.10 Å². The van der Waals surface area contributed by atoms with E-state index in [9.17, 15) is 4.39 Å². The number of halogens is 2. The maximum absolute atomic E-state index is 13.8. The van der Waals surface area contributed by atoms with Crippen LogP contribution in [0.5, 0.6) is 0 Å². The van der Waals surface area contributed by atoms with Crippen molar-refractivity contribution in [3.63, 3.8) is 0 Å². The highest BCUT2D eigenvalue weighted by Gasteiger charge is 2.17. The number of nitrogens with zero attached hydrogens (tertiary/aromatic N) is 3. The van der Waals surface area contributed by atoms with E-state index in [4.69, 9.17) is 17.4 Å². The number of nitrogens with two attached hydrogens (primary N) is 1. The average molecular weight is 270 g/mol. The monoisotopic (exact) mass is 269 g/mol. The summed E-state index contributed by atoms with van der Waals surface area (Å²) in [6.45, 7) is 0. The molecule has 1 unspecified atom stereocenters. The summed E-state index contributed by atoms with van der Waals surface area (Å²) in [5.41, 5.74) is 3.03. The van der Waals surface area contributed by atoms with Gasteiger partial charge in [-0.05, 0) is 12.1 Å². The molecule has 96 valence electrons. The van der Waals surface area contributed by atoms with Crippen LogP contribution in [0.1, 0.15) is 17.4 Å². The van der Waals surface area contributed by atoms with E-state index in [-0.39, 0.29) is 6.04 Å². The SMILES string of the molecule is Cn1ncnc1CC(NN)c1ccc(Cl)cc1F. The summed E-state index contributed by atoms with van der Waals surface area (Å²) in [5, 5.41) is 4.31. The molecule has 0 aliphatic carbocycles. The molecule has 1 aromatic heterocycles. The number of hydrogen-bond acceptors (Lipinski definition) is 4. The fourth-order valence-electron chi connectivity index (χ4n) is 1.73. The van der Waals surface area contributed by atoms with Crippen LogP contribution in [-0.2, 0) is 13.5 Å². The van der Waals surface area contributed by atoms with Gasteiger partial charge in [-0.3, -0.25) is 16.0 Å². The minimum absolute atomic E-state index is 0.352. The van der Waals surface area contributed by atoms with E-state index < -0.39 is 5.82 Å². The standard InChI is InChI=1S/C11H13ClFN5/c1-18-11(15-6-16-18)5-10(17-14)8-3-2-7(12)4-9(8)13/h2-4,6,10,17H,5,14H2,1H3. The van der Waals surface area contributed by atoms with E-state index in [1.54, 1.807) is 23.9 Å². The Kier molecular flexibility index (Phi) is 3.90. The summed E-state index contributed by atoms with van der Waals surface area (Å²) in [7, 11) is 1.77. The molecule has 2 aromatic rings. The molecule has 1 aromatic carbocycles. The topological polar surface area (TPSA) is 68.8 Å². The van der Waals surface area contributed by atoms with Crippen LogP contribution >= 0.6 is 11.6 Å². The Morgan fingerprint density at radius 1 is 1.56 bits per heavy atom. The zero-order valence-corrected chi connectivity index (χ0v) is 10.5. The Labute approximate surface area is 109 Å². The molecule has 3 N–H and O–H groups in total. The third-order valence-corrected chi connectivity index (χ3v) is 2.97. The van der Waals surface area contributed by atoms with Crippen LogP contribution in [0, 0.1) is 5.82 Å². The number of aryl methyl sites for hydroxylation is 1. The predicted octanol–water partition coefficient (Wildman–Crippen LogP) is 1.35. The molecule has 0 radical (unpaired) electrons. The molecular formula is C11H13ClFN5. The highest BCUT2D eigenvalue weighted by molar-refractivity contribution is 6.30. The van der Waals surface area contributed by atoms with E-state index in [1.807, 2.05) is 0 Å². The molecule has 7 heteroatoms. The predicted molar refractivity (Wildman–Crippen MR) is 66.2 cm³/mol. The van der Waals surface area contributed by atoms with Crippen LogP contribution in [-0.4, -0.2) is 14.8 Å². The van der Waals surface area contributed by atoms with Crippen molar-refractivity contribution in [2.75, 3.05) is 0 Å². The molecular weight excluding hydrogens is 257 g/mol. The first-order valence-corrected chi connectivity index (χ1v) is 5.73. The number of benzene rings is 1. The minimum atomic E-state index is -0.396. The van der Waals surface area contributed by atoms with Crippen LogP contribution in [0.15, 0.2) is 24.5 Å². The lowest BCUT2D eigenvalue weighted by Gasteiger charge is -2.16. The molecule has 18 heavy (non-hydrogen) atoms. The van der Waals surface area contributed by atoms with Gasteiger partial charge < -0.3 is 0 Å². The maximum Gasteiger partial charge on any atom is 0.138 e. The van der Waals surface area contributed by atoms with E-state index >= 15 is 0 Å². The summed E-state index contributed by atoms with van der Waals surface area (Å²) < 4.78 is 15.4. The smallest absolute Gasteiger partial charge is 0.138 e. The van der Waals surface area contributed by atoms with Gasteiger partial charge in [0.2, 0.25) is 0 Å². The Morgan fingerprint density at radius 3 is 2.89 bits per heavy atom. The Balaban J connectivity index is 2.26. The second-order valence-electron chi connectivity index (χ2n) is 3.89. The summed E-state index contributed by atoms with van der Waals surface area (Å²) in [5.74, 6) is 5.79. The molecule has 0 saturated heterocycles. The van der Waals surface area contributed by atoms with Gasteiger partial charge in [0.1, 0.15) is 18.0 Å². The van der Waals surface area contributed by atoms with Gasteiger partial charge in [0, 0.05) is 24.1 Å². The summed E-state index contributed by atoms with van der Waals surface area (Å²) in [6.07, 6.45) is 1.88. The van der Waals surface area contributed by atoms with Gasteiger partial charge in [0.15, 0.2) is 0 Å². The highest BCUT2D eigenvalue weighted by atomic mass is 35.5. The molecule has 0 amide bonds. The lowest BCUT2D eigenvalue weighted by Crippen LogP contribution is -2.31. The fraction of sp³-hybridized carbons (Fsp3) is 0.273. The fourth-order valence-corrected chi connectivity index (χ4v) is 1.89. The molecule has 0 fully saturated rings. The highest BCUT2D eigenvalue weighted by Crippen LogP contribution is 2.22. The lowest BCUT2D eigenvalue weighted by molar-refractivity contribution is 0.492. The van der Waals surface area contributed by atoms with Crippen LogP contribution in [0.2, 0.25) is 5.02 Å². The minimum Gasteiger partial charge on any atom is -0.271 e. The Hall–Kier alpha value is -1.50. The number of hydrogen-bond donors (Lipinski definition) is 2. The molecule has 0 spiro atoms. The molecule has 2 rings (SSSR count). The molecule has 1 heterocycles. The second-order valence-corrected chi connectivity index (χ2v) is 4.33. The summed E-state index contributed by atoms with van der Waals surface area (Å²) >= 11 is 5.71. The van der Waals surface area contributed by atoms with Crippen molar-refractivity contribution in [3.8, 4) is 0 Å². The van der Waals surface area contributed by atoms with E-state index in [0.717, 1.165) is 0 Å². The van der Waals surface area contributed by atoms with E-state index in [0.29, 0.717) is 22.8 Å². The quantitative estimate of drug-likeness (QED) is 0.649. The van der Waals surface area contributed by atoms with Gasteiger partial charge in [0.25, 0.3) is 0 Å². The Bertz CT molecular complexity index is 542. The van der Waals surface area contributed by atoms with Gasteiger partial charge in [-0.25, -0.2) is 9.37 Å². The normalized spacial score (nSPS) is 12.7. The van der Waals surface area contributed by atoms with Crippen molar-refractivity contribution in [3.05, 3.63) is 46.8 Å². The van der Waals surface area contributed by atoms with Gasteiger partial charge in [-0.15, -0.1) is 0 Å². The average Bonchev–Trinajstić information content (AvgIpc) is 2.73. The van der Waals surface area contributed by atoms with Crippen molar-refractivity contribution >= 4 is 11.6 Å². The summed E-state index contributed by atoms with van der Waals surface area (Å²) in [4.78, 5) is 4.08. The van der Waals surface area contributed by atoms with E-state index in [1.165, 1.54) is 12.4 Å². The molecule has 0 aliphatic rings. The molecule has 0 aliphatic heterocycles. The number of rotatable bonds is 4. The first-order valence-electron chi connectivity index (χ1n) is 5.35. The lowest BCUT2D eigenvalue weighted by atomic mass is 10.0.